The van der Waals surface area contributed by atoms with Gasteiger partial charge in [-0.3, -0.25) is 4.79 Å². The zero-order valence-corrected chi connectivity index (χ0v) is 12.5. The molecule has 1 heterocycles. The van der Waals surface area contributed by atoms with Gasteiger partial charge in [-0.1, -0.05) is 28.1 Å². The predicted octanol–water partition coefficient (Wildman–Crippen LogP) is 2.16. The molecule has 3 nitrogen and oxygen atoms in total. The summed E-state index contributed by atoms with van der Waals surface area (Å²) >= 11 is 3.52. The lowest BCUT2D eigenvalue weighted by Gasteiger charge is -2.40. The first-order chi connectivity index (χ1) is 8.57. The number of hydrogen-bond acceptors (Lipinski definition) is 2. The Kier molecular flexibility index (Phi) is 4.07. The summed E-state index contributed by atoms with van der Waals surface area (Å²) in [5, 5.41) is 3.25. The number of likely N-dealkylation sites (N-methyl/N-ethyl adjacent to an activating group) is 1. The molecule has 1 unspecified atom stereocenters. The van der Waals surface area contributed by atoms with E-state index < -0.39 is 0 Å². The Bertz CT molecular complexity index is 449. The second kappa shape index (κ2) is 5.41. The molecule has 0 aromatic heterocycles. The van der Waals surface area contributed by atoms with E-state index in [9.17, 15) is 4.79 Å². The van der Waals surface area contributed by atoms with Crippen molar-refractivity contribution in [3.63, 3.8) is 0 Å². The summed E-state index contributed by atoms with van der Waals surface area (Å²) in [5.41, 5.74) is 1.18. The van der Waals surface area contributed by atoms with Crippen molar-refractivity contribution in [3.8, 4) is 0 Å². The molecular formula is C14H19BrN2O. The third kappa shape index (κ3) is 2.59. The van der Waals surface area contributed by atoms with Crippen LogP contribution >= 0.6 is 15.9 Å². The minimum Gasteiger partial charge on any atom is -0.346 e. The first kappa shape index (κ1) is 13.6. The highest BCUT2D eigenvalue weighted by Crippen LogP contribution is 2.36. The number of likely N-dealkylation sites (tertiary alicyclic amines) is 1. The minimum atomic E-state index is -0.0673. The molecule has 0 bridgehead atoms. The highest BCUT2D eigenvalue weighted by Gasteiger charge is 2.38. The lowest BCUT2D eigenvalue weighted by Crippen LogP contribution is -2.49. The van der Waals surface area contributed by atoms with E-state index in [0.717, 1.165) is 24.0 Å². The Morgan fingerprint density at radius 2 is 2.28 bits per heavy atom. The fraction of sp³-hybridized carbons (Fsp3) is 0.500. The third-order valence-electron chi connectivity index (χ3n) is 3.79. The number of amides is 1. The fourth-order valence-corrected chi connectivity index (χ4v) is 3.07. The second-order valence-electron chi connectivity index (χ2n) is 5.06. The summed E-state index contributed by atoms with van der Waals surface area (Å²) in [7, 11) is 3.83. The summed E-state index contributed by atoms with van der Waals surface area (Å²) in [5.74, 6) is 0.233. The van der Waals surface area contributed by atoms with Gasteiger partial charge in [-0.05, 0) is 31.2 Å². The summed E-state index contributed by atoms with van der Waals surface area (Å²) in [4.78, 5) is 13.9. The molecule has 0 radical (unpaired) electrons. The number of halogens is 1. The molecule has 1 N–H and O–H groups in total. The SMILES string of the molecule is CNCC1(c2cccc(Br)c2)CCN(C)C(=O)C1. The lowest BCUT2D eigenvalue weighted by molar-refractivity contribution is -0.134. The molecule has 1 amide bonds. The number of hydrogen-bond donors (Lipinski definition) is 1. The van der Waals surface area contributed by atoms with Gasteiger partial charge in [-0.25, -0.2) is 0 Å². The molecule has 1 aromatic rings. The smallest absolute Gasteiger partial charge is 0.223 e. The summed E-state index contributed by atoms with van der Waals surface area (Å²) in [6.45, 7) is 1.66. The Morgan fingerprint density at radius 1 is 1.50 bits per heavy atom. The average Bonchev–Trinajstić information content (AvgIpc) is 2.34. The van der Waals surface area contributed by atoms with Crippen LogP contribution in [0.25, 0.3) is 0 Å². The zero-order chi connectivity index (χ0) is 13.2. The van der Waals surface area contributed by atoms with Gasteiger partial charge < -0.3 is 10.2 Å². The van der Waals surface area contributed by atoms with Crippen molar-refractivity contribution in [3.05, 3.63) is 34.3 Å². The van der Waals surface area contributed by atoms with E-state index in [4.69, 9.17) is 0 Å². The van der Waals surface area contributed by atoms with E-state index in [1.807, 2.05) is 31.1 Å². The summed E-state index contributed by atoms with van der Waals surface area (Å²) in [6.07, 6.45) is 1.59. The van der Waals surface area contributed by atoms with E-state index in [1.54, 1.807) is 0 Å². The van der Waals surface area contributed by atoms with Gasteiger partial charge in [0.05, 0.1) is 0 Å². The Morgan fingerprint density at radius 3 is 2.89 bits per heavy atom. The van der Waals surface area contributed by atoms with E-state index >= 15 is 0 Å². The topological polar surface area (TPSA) is 32.3 Å². The van der Waals surface area contributed by atoms with Crippen LogP contribution < -0.4 is 5.32 Å². The normalized spacial score (nSPS) is 24.4. The number of piperidine rings is 1. The van der Waals surface area contributed by atoms with Crippen molar-refractivity contribution in [2.45, 2.75) is 18.3 Å². The Balaban J connectivity index is 2.35. The first-order valence-corrected chi connectivity index (χ1v) is 7.01. The maximum atomic E-state index is 12.0. The summed E-state index contributed by atoms with van der Waals surface area (Å²) < 4.78 is 1.07. The van der Waals surface area contributed by atoms with Crippen molar-refractivity contribution >= 4 is 21.8 Å². The van der Waals surface area contributed by atoms with Crippen molar-refractivity contribution in [2.24, 2.45) is 0 Å². The third-order valence-corrected chi connectivity index (χ3v) is 4.29. The molecule has 18 heavy (non-hydrogen) atoms. The van der Waals surface area contributed by atoms with Crippen LogP contribution in [-0.4, -0.2) is 38.0 Å². The maximum Gasteiger partial charge on any atom is 0.223 e. The van der Waals surface area contributed by atoms with Crippen molar-refractivity contribution in [2.75, 3.05) is 27.2 Å². The van der Waals surface area contributed by atoms with Crippen LogP contribution in [0.5, 0.6) is 0 Å². The molecule has 0 spiro atoms. The quantitative estimate of drug-likeness (QED) is 0.928. The molecule has 0 saturated carbocycles. The van der Waals surface area contributed by atoms with Gasteiger partial charge in [0, 0.05) is 36.4 Å². The molecule has 98 valence electrons. The van der Waals surface area contributed by atoms with Crippen molar-refractivity contribution in [1.82, 2.24) is 10.2 Å². The molecule has 4 heteroatoms. The number of nitrogens with zero attached hydrogens (tertiary/aromatic N) is 1. The standard InChI is InChI=1S/C14H19BrN2O/c1-16-10-14(6-7-17(2)13(18)9-14)11-4-3-5-12(15)8-11/h3-5,8,16H,6-7,9-10H2,1-2H3. The van der Waals surface area contributed by atoms with Gasteiger partial charge in [0.1, 0.15) is 0 Å². The van der Waals surface area contributed by atoms with Gasteiger partial charge in [-0.15, -0.1) is 0 Å². The Hall–Kier alpha value is -0.870. The van der Waals surface area contributed by atoms with E-state index in [0.29, 0.717) is 6.42 Å². The number of carbonyl (C=O) groups is 1. The van der Waals surface area contributed by atoms with Crippen molar-refractivity contribution < 1.29 is 4.79 Å². The predicted molar refractivity (Wildman–Crippen MR) is 76.6 cm³/mol. The molecule has 1 saturated heterocycles. The van der Waals surface area contributed by atoms with Gasteiger partial charge in [0.15, 0.2) is 0 Å². The van der Waals surface area contributed by atoms with Crippen LogP contribution in [0.4, 0.5) is 0 Å². The van der Waals surface area contributed by atoms with Gasteiger partial charge >= 0.3 is 0 Å². The van der Waals surface area contributed by atoms with Crippen LogP contribution in [0, 0.1) is 0 Å². The van der Waals surface area contributed by atoms with E-state index in [2.05, 4.69) is 33.4 Å². The van der Waals surface area contributed by atoms with Crippen LogP contribution in [0.15, 0.2) is 28.7 Å². The van der Waals surface area contributed by atoms with E-state index in [-0.39, 0.29) is 11.3 Å². The van der Waals surface area contributed by atoms with Gasteiger partial charge in [0.25, 0.3) is 0 Å². The number of benzene rings is 1. The number of carbonyl (C=O) groups excluding carboxylic acids is 1. The molecule has 1 atom stereocenters. The minimum absolute atomic E-state index is 0.0673. The number of nitrogens with one attached hydrogen (secondary N) is 1. The molecule has 1 aliphatic rings. The lowest BCUT2D eigenvalue weighted by atomic mass is 9.72. The monoisotopic (exact) mass is 310 g/mol. The van der Waals surface area contributed by atoms with Gasteiger partial charge in [0.2, 0.25) is 5.91 Å². The highest BCUT2D eigenvalue weighted by atomic mass is 79.9. The molecule has 1 fully saturated rings. The first-order valence-electron chi connectivity index (χ1n) is 6.22. The molecule has 1 aliphatic heterocycles. The Labute approximate surface area is 117 Å². The molecular weight excluding hydrogens is 292 g/mol. The largest absolute Gasteiger partial charge is 0.346 e. The number of rotatable bonds is 3. The van der Waals surface area contributed by atoms with Crippen LogP contribution in [0.3, 0.4) is 0 Å². The van der Waals surface area contributed by atoms with Crippen molar-refractivity contribution in [1.29, 1.82) is 0 Å². The van der Waals surface area contributed by atoms with Gasteiger partial charge in [-0.2, -0.15) is 0 Å². The van der Waals surface area contributed by atoms with E-state index in [1.165, 1.54) is 5.56 Å². The molecule has 2 rings (SSSR count). The zero-order valence-electron chi connectivity index (χ0n) is 10.9. The van der Waals surface area contributed by atoms with Crippen LogP contribution in [0.2, 0.25) is 0 Å². The molecule has 1 aromatic carbocycles. The van der Waals surface area contributed by atoms with Crippen LogP contribution in [0.1, 0.15) is 18.4 Å². The summed E-state index contributed by atoms with van der Waals surface area (Å²) in [6, 6.07) is 8.32. The second-order valence-corrected chi connectivity index (χ2v) is 5.98. The highest BCUT2D eigenvalue weighted by molar-refractivity contribution is 9.10. The van der Waals surface area contributed by atoms with Crippen LogP contribution in [-0.2, 0) is 10.2 Å². The molecule has 0 aliphatic carbocycles. The fourth-order valence-electron chi connectivity index (χ4n) is 2.68. The average molecular weight is 311 g/mol. The maximum absolute atomic E-state index is 12.0.